The van der Waals surface area contributed by atoms with E-state index in [1.165, 1.54) is 13.1 Å². The van der Waals surface area contributed by atoms with Crippen LogP contribution in [0, 0.1) is 11.3 Å². The number of carbonyl (C=O) groups excluding carboxylic acids is 2. The summed E-state index contributed by atoms with van der Waals surface area (Å²) >= 11 is 6.02. The zero-order chi connectivity index (χ0) is 15.2. The topological polar surface area (TPSA) is 76.4 Å². The van der Waals surface area contributed by atoms with Crippen molar-refractivity contribution >= 4 is 23.5 Å². The quantitative estimate of drug-likeness (QED) is 0.469. The lowest BCUT2D eigenvalue weighted by molar-refractivity contribution is -0.138. The van der Waals surface area contributed by atoms with E-state index in [-0.39, 0.29) is 6.42 Å². The molecule has 0 aliphatic carbocycles. The Kier molecular flexibility index (Phi) is 5.48. The number of rotatable bonds is 5. The van der Waals surface area contributed by atoms with E-state index in [1.54, 1.807) is 24.3 Å². The fourth-order valence-electron chi connectivity index (χ4n) is 1.70. The Labute approximate surface area is 121 Å². The number of methoxy groups -OCH3 is 2. The molecular formula is C14H12ClNO4. The van der Waals surface area contributed by atoms with E-state index < -0.39 is 17.1 Å². The van der Waals surface area contributed by atoms with Gasteiger partial charge in [-0.05, 0) is 11.6 Å². The van der Waals surface area contributed by atoms with Crippen molar-refractivity contribution in [1.29, 1.82) is 5.26 Å². The minimum absolute atomic E-state index is 0.0701. The summed E-state index contributed by atoms with van der Waals surface area (Å²) in [7, 11) is 2.33. The molecule has 0 fully saturated rings. The third-order valence-corrected chi connectivity index (χ3v) is 3.19. The maximum Gasteiger partial charge on any atom is 0.349 e. The molecule has 0 radical (unpaired) electrons. The van der Waals surface area contributed by atoms with Gasteiger partial charge in [0.15, 0.2) is 5.57 Å². The van der Waals surface area contributed by atoms with Gasteiger partial charge < -0.3 is 9.47 Å². The van der Waals surface area contributed by atoms with Crippen LogP contribution in [0.1, 0.15) is 5.56 Å². The SMILES string of the molecule is COC(=O)C(=C=O)C(C#N)(Cc1ccccc1Cl)OC. The van der Waals surface area contributed by atoms with Gasteiger partial charge in [0.1, 0.15) is 12.0 Å². The molecule has 0 bridgehead atoms. The number of benzene rings is 1. The van der Waals surface area contributed by atoms with Gasteiger partial charge in [-0.3, -0.25) is 0 Å². The Bertz CT molecular complexity index is 601. The van der Waals surface area contributed by atoms with Crippen LogP contribution in [-0.4, -0.2) is 31.7 Å². The molecule has 1 aromatic carbocycles. The van der Waals surface area contributed by atoms with Gasteiger partial charge in [-0.25, -0.2) is 9.59 Å². The highest BCUT2D eigenvalue weighted by molar-refractivity contribution is 6.31. The molecule has 0 heterocycles. The van der Waals surface area contributed by atoms with E-state index in [0.29, 0.717) is 10.6 Å². The average Bonchev–Trinajstić information content (AvgIpc) is 2.48. The van der Waals surface area contributed by atoms with Crippen molar-refractivity contribution in [2.75, 3.05) is 14.2 Å². The normalized spacial score (nSPS) is 12.7. The molecule has 0 aliphatic rings. The van der Waals surface area contributed by atoms with E-state index >= 15 is 0 Å². The lowest BCUT2D eigenvalue weighted by Crippen LogP contribution is -2.39. The standard InChI is InChI=1S/C14H12ClNO4/c1-19-13(18)11(8-17)14(9-16,20-2)7-10-5-3-4-6-12(10)15/h3-6H,7H2,1-2H3. The molecule has 0 N–H and O–H groups in total. The highest BCUT2D eigenvalue weighted by Crippen LogP contribution is 2.28. The molecule has 1 aromatic rings. The number of nitrogens with zero attached hydrogens (tertiary/aromatic N) is 1. The fourth-order valence-corrected chi connectivity index (χ4v) is 1.91. The number of halogens is 1. The summed E-state index contributed by atoms with van der Waals surface area (Å²) in [6.45, 7) is 0. The second kappa shape index (κ2) is 6.88. The summed E-state index contributed by atoms with van der Waals surface area (Å²) in [6.07, 6.45) is -0.0701. The molecule has 1 unspecified atom stereocenters. The Morgan fingerprint density at radius 2 is 2.05 bits per heavy atom. The number of hydrogen-bond acceptors (Lipinski definition) is 5. The van der Waals surface area contributed by atoms with Crippen molar-refractivity contribution in [3.63, 3.8) is 0 Å². The van der Waals surface area contributed by atoms with Crippen molar-refractivity contribution in [2.24, 2.45) is 0 Å². The van der Waals surface area contributed by atoms with Crippen LogP contribution >= 0.6 is 11.6 Å². The van der Waals surface area contributed by atoms with Crippen LogP contribution in [0.25, 0.3) is 0 Å². The Morgan fingerprint density at radius 1 is 1.40 bits per heavy atom. The van der Waals surface area contributed by atoms with Gasteiger partial charge in [-0.1, -0.05) is 29.8 Å². The Hall–Kier alpha value is -2.12. The van der Waals surface area contributed by atoms with Crippen LogP contribution < -0.4 is 0 Å². The molecule has 0 amide bonds. The van der Waals surface area contributed by atoms with Gasteiger partial charge in [-0.2, -0.15) is 5.26 Å². The summed E-state index contributed by atoms with van der Waals surface area (Å²) in [4.78, 5) is 22.6. The number of ether oxygens (including phenoxy) is 2. The van der Waals surface area contributed by atoms with Crippen molar-refractivity contribution in [2.45, 2.75) is 12.0 Å². The van der Waals surface area contributed by atoms with Gasteiger partial charge >= 0.3 is 5.97 Å². The lowest BCUT2D eigenvalue weighted by atomic mass is 9.88. The second-order valence-electron chi connectivity index (χ2n) is 3.88. The molecule has 104 valence electrons. The fraction of sp³-hybridized carbons (Fsp3) is 0.286. The van der Waals surface area contributed by atoms with Crippen LogP contribution in [0.3, 0.4) is 0 Å². The van der Waals surface area contributed by atoms with E-state index in [9.17, 15) is 14.9 Å². The number of esters is 1. The van der Waals surface area contributed by atoms with Crippen LogP contribution in [0.2, 0.25) is 5.02 Å². The summed E-state index contributed by atoms with van der Waals surface area (Å²) in [5, 5.41) is 9.75. The van der Waals surface area contributed by atoms with Crippen molar-refractivity contribution in [3.05, 3.63) is 40.4 Å². The molecule has 1 rings (SSSR count). The first-order valence-corrected chi connectivity index (χ1v) is 5.96. The Balaban J connectivity index is 3.30. The van der Waals surface area contributed by atoms with Crippen molar-refractivity contribution in [1.82, 2.24) is 0 Å². The molecular weight excluding hydrogens is 282 g/mol. The lowest BCUT2D eigenvalue weighted by Gasteiger charge is -2.24. The maximum absolute atomic E-state index is 11.6. The highest BCUT2D eigenvalue weighted by atomic mass is 35.5. The second-order valence-corrected chi connectivity index (χ2v) is 4.29. The minimum Gasteiger partial charge on any atom is -0.465 e. The number of carbonyl (C=O) groups is 1. The van der Waals surface area contributed by atoms with Gasteiger partial charge in [0.2, 0.25) is 5.60 Å². The number of hydrogen-bond donors (Lipinski definition) is 0. The smallest absolute Gasteiger partial charge is 0.349 e. The molecule has 0 aromatic heterocycles. The maximum atomic E-state index is 11.6. The van der Waals surface area contributed by atoms with Crippen molar-refractivity contribution < 1.29 is 19.1 Å². The van der Waals surface area contributed by atoms with Gasteiger partial charge in [-0.15, -0.1) is 0 Å². The first kappa shape index (κ1) is 15.9. The first-order chi connectivity index (χ1) is 9.54. The molecule has 6 heteroatoms. The zero-order valence-electron chi connectivity index (χ0n) is 11.0. The van der Waals surface area contributed by atoms with Crippen LogP contribution in [0.15, 0.2) is 29.8 Å². The molecule has 0 saturated carbocycles. The van der Waals surface area contributed by atoms with E-state index in [1.807, 2.05) is 6.07 Å². The predicted octanol–water partition coefficient (Wildman–Crippen LogP) is 1.72. The van der Waals surface area contributed by atoms with Crippen LogP contribution in [-0.2, 0) is 25.5 Å². The largest absolute Gasteiger partial charge is 0.465 e. The third-order valence-electron chi connectivity index (χ3n) is 2.82. The van der Waals surface area contributed by atoms with E-state index in [0.717, 1.165) is 7.11 Å². The minimum atomic E-state index is -1.79. The summed E-state index contributed by atoms with van der Waals surface area (Å²) in [6, 6.07) is 8.59. The predicted molar refractivity (Wildman–Crippen MR) is 71.7 cm³/mol. The average molecular weight is 294 g/mol. The molecule has 0 spiro atoms. The number of nitriles is 1. The van der Waals surface area contributed by atoms with Gasteiger partial charge in [0.05, 0.1) is 7.11 Å². The monoisotopic (exact) mass is 293 g/mol. The van der Waals surface area contributed by atoms with E-state index in [2.05, 4.69) is 4.74 Å². The van der Waals surface area contributed by atoms with Crippen LogP contribution in [0.4, 0.5) is 0 Å². The third kappa shape index (κ3) is 3.06. The van der Waals surface area contributed by atoms with Crippen molar-refractivity contribution in [3.8, 4) is 6.07 Å². The Morgan fingerprint density at radius 3 is 2.50 bits per heavy atom. The first-order valence-electron chi connectivity index (χ1n) is 5.58. The highest BCUT2D eigenvalue weighted by Gasteiger charge is 2.41. The summed E-state index contributed by atoms with van der Waals surface area (Å²) < 4.78 is 9.58. The van der Waals surface area contributed by atoms with Crippen LogP contribution in [0.5, 0.6) is 0 Å². The van der Waals surface area contributed by atoms with Gasteiger partial charge in [0, 0.05) is 18.6 Å². The summed E-state index contributed by atoms with van der Waals surface area (Å²) in [5.74, 6) is 0.474. The molecule has 0 saturated heterocycles. The molecule has 0 aliphatic heterocycles. The van der Waals surface area contributed by atoms with E-state index in [4.69, 9.17) is 16.3 Å². The summed E-state index contributed by atoms with van der Waals surface area (Å²) in [5.41, 5.74) is -1.75. The molecule has 20 heavy (non-hydrogen) atoms. The molecule has 1 atom stereocenters. The van der Waals surface area contributed by atoms with Gasteiger partial charge in [0.25, 0.3) is 0 Å². The molecule has 5 nitrogen and oxygen atoms in total. The zero-order valence-corrected chi connectivity index (χ0v) is 11.7.